The van der Waals surface area contributed by atoms with E-state index in [1.165, 1.54) is 37.1 Å². The summed E-state index contributed by atoms with van der Waals surface area (Å²) in [5.41, 5.74) is -2.75. The molecule has 2 N–H and O–H groups in total. The van der Waals surface area contributed by atoms with E-state index in [1.807, 2.05) is 0 Å². The van der Waals surface area contributed by atoms with Crippen molar-refractivity contribution in [2.45, 2.75) is 75.5 Å². The van der Waals surface area contributed by atoms with Crippen molar-refractivity contribution in [1.29, 1.82) is 0 Å². The van der Waals surface area contributed by atoms with Gasteiger partial charge in [0.25, 0.3) is 0 Å². The number of nitrogens with one attached hydrogen (secondary N) is 1. The molecule has 13 heteroatoms. The fourth-order valence-corrected chi connectivity index (χ4v) is 5.88. The fourth-order valence-electron chi connectivity index (χ4n) is 5.88. The minimum absolute atomic E-state index is 0.0362. The van der Waals surface area contributed by atoms with Crippen LogP contribution in [0.25, 0.3) is 0 Å². The molecule has 2 aliphatic rings. The van der Waals surface area contributed by atoms with E-state index in [0.717, 1.165) is 4.90 Å². The summed E-state index contributed by atoms with van der Waals surface area (Å²) in [7, 11) is 1.30. The van der Waals surface area contributed by atoms with Gasteiger partial charge in [0.15, 0.2) is 0 Å². The number of nitrogens with zero attached hydrogens (tertiary/aromatic N) is 2. The Bertz CT molecular complexity index is 1300. The molecule has 2 saturated heterocycles. The van der Waals surface area contributed by atoms with Crippen molar-refractivity contribution in [3.8, 4) is 0 Å². The number of aliphatic carboxylic acids is 1. The highest BCUT2D eigenvalue weighted by atomic mass is 19.4. The maximum Gasteiger partial charge on any atom is 0.416 e. The lowest BCUT2D eigenvalue weighted by molar-refractivity contribution is -0.143. The van der Waals surface area contributed by atoms with E-state index in [4.69, 9.17) is 0 Å². The van der Waals surface area contributed by atoms with Gasteiger partial charge in [-0.15, -0.1) is 0 Å². The number of hydrogen-bond acceptors (Lipinski definition) is 3. The number of benzene rings is 2. The second-order valence-corrected chi connectivity index (χ2v) is 10.9. The van der Waals surface area contributed by atoms with Crippen LogP contribution in [-0.2, 0) is 17.1 Å². The Labute approximate surface area is 232 Å². The summed E-state index contributed by atoms with van der Waals surface area (Å²) in [5.74, 6) is -1.49. The van der Waals surface area contributed by atoms with Crippen molar-refractivity contribution < 1.29 is 45.4 Å². The quantitative estimate of drug-likeness (QED) is 0.390. The van der Waals surface area contributed by atoms with Crippen LogP contribution in [0.5, 0.6) is 0 Å². The van der Waals surface area contributed by atoms with E-state index in [2.05, 4.69) is 5.32 Å². The lowest BCUT2D eigenvalue weighted by Gasteiger charge is -2.47. The van der Waals surface area contributed by atoms with Crippen LogP contribution in [-0.4, -0.2) is 52.1 Å². The van der Waals surface area contributed by atoms with Gasteiger partial charge in [0.1, 0.15) is 11.9 Å². The Morgan fingerprint density at radius 1 is 1.05 bits per heavy atom. The molecular weight excluding hydrogens is 559 g/mol. The smallest absolute Gasteiger partial charge is 0.416 e. The van der Waals surface area contributed by atoms with Crippen LogP contribution in [0.3, 0.4) is 0 Å². The molecule has 4 rings (SSSR count). The van der Waals surface area contributed by atoms with Crippen LogP contribution in [0.15, 0.2) is 36.4 Å². The second-order valence-electron chi connectivity index (χ2n) is 10.9. The van der Waals surface area contributed by atoms with Gasteiger partial charge < -0.3 is 14.9 Å². The molecule has 2 aromatic carbocycles. The Morgan fingerprint density at radius 2 is 1.66 bits per heavy atom. The summed E-state index contributed by atoms with van der Waals surface area (Å²) >= 11 is 0. The summed E-state index contributed by atoms with van der Waals surface area (Å²) in [5, 5.41) is 12.7. The van der Waals surface area contributed by atoms with Crippen molar-refractivity contribution in [2.75, 3.05) is 13.6 Å². The van der Waals surface area contributed by atoms with Gasteiger partial charge in [0.2, 0.25) is 0 Å². The third kappa shape index (κ3) is 6.29. The molecule has 2 aromatic rings. The third-order valence-corrected chi connectivity index (χ3v) is 8.29. The lowest BCUT2D eigenvalue weighted by atomic mass is 9.79. The third-order valence-electron chi connectivity index (χ3n) is 8.29. The average Bonchev–Trinajstić information content (AvgIpc) is 3.29. The molecule has 6 nitrogen and oxygen atoms in total. The van der Waals surface area contributed by atoms with Crippen molar-refractivity contribution in [1.82, 2.24) is 15.1 Å². The Balaban J connectivity index is 1.68. The first kappa shape index (κ1) is 30.6. The number of piperidine rings is 1. The Kier molecular flexibility index (Phi) is 8.07. The number of carbonyl (C=O) groups is 2. The van der Waals surface area contributed by atoms with E-state index in [-0.39, 0.29) is 18.2 Å². The number of likely N-dealkylation sites (tertiary alicyclic amines) is 1. The molecule has 2 amide bonds. The molecule has 0 saturated carbocycles. The van der Waals surface area contributed by atoms with E-state index < -0.39 is 65.0 Å². The highest BCUT2D eigenvalue weighted by Gasteiger charge is 2.48. The van der Waals surface area contributed by atoms with E-state index >= 15 is 0 Å². The number of carboxylic acids is 1. The highest BCUT2D eigenvalue weighted by Crippen LogP contribution is 2.44. The summed E-state index contributed by atoms with van der Waals surface area (Å²) in [6.07, 6.45) is -8.49. The Hall–Kier alpha value is -3.35. The normalized spacial score (nSPS) is 24.0. The molecule has 0 bridgehead atoms. The molecule has 0 aromatic heterocycles. The van der Waals surface area contributed by atoms with E-state index in [1.54, 1.807) is 6.92 Å². The first-order chi connectivity index (χ1) is 18.9. The van der Waals surface area contributed by atoms with Gasteiger partial charge >= 0.3 is 24.4 Å². The molecule has 2 fully saturated rings. The molecule has 41 heavy (non-hydrogen) atoms. The molecule has 2 heterocycles. The van der Waals surface area contributed by atoms with Gasteiger partial charge in [0, 0.05) is 19.1 Å². The van der Waals surface area contributed by atoms with Crippen molar-refractivity contribution in [3.05, 3.63) is 70.0 Å². The van der Waals surface area contributed by atoms with Crippen LogP contribution in [0, 0.1) is 12.7 Å². The number of halogens is 7. The first-order valence-corrected chi connectivity index (χ1v) is 13.0. The first-order valence-electron chi connectivity index (χ1n) is 13.0. The van der Waals surface area contributed by atoms with Gasteiger partial charge in [-0.05, 0) is 86.6 Å². The molecule has 0 radical (unpaired) electrons. The van der Waals surface area contributed by atoms with Gasteiger partial charge in [-0.3, -0.25) is 10.1 Å². The van der Waals surface area contributed by atoms with Crippen molar-refractivity contribution >= 4 is 12.0 Å². The van der Waals surface area contributed by atoms with Gasteiger partial charge in [-0.2, -0.15) is 26.3 Å². The number of urea groups is 1. The standard InChI is InChI=1S/C28H30F7N3O3/c1-15-10-20(29)4-5-21(15)23-14-26(7-6-22(36-26)24(39)40)8-9-38(23)25(41)37(3)16(2)17-11-18(27(30,31)32)13-19(12-17)28(33,34)35/h4-5,10-13,16,22-23,36H,6-9,14H2,1-3H3,(H,39,40)/t16-,22?,23-,26+/m1/s1. The number of rotatable bonds is 4. The average molecular weight is 590 g/mol. The number of aryl methyl sites for hydroxylation is 1. The largest absolute Gasteiger partial charge is 0.480 e. The van der Waals surface area contributed by atoms with Crippen LogP contribution in [0.2, 0.25) is 0 Å². The van der Waals surface area contributed by atoms with Crippen LogP contribution < -0.4 is 5.32 Å². The monoisotopic (exact) mass is 589 g/mol. The van der Waals surface area contributed by atoms with Crippen molar-refractivity contribution in [3.63, 3.8) is 0 Å². The summed E-state index contributed by atoms with van der Waals surface area (Å²) in [6.45, 7) is 3.14. The molecule has 0 aliphatic carbocycles. The number of amides is 2. The maximum absolute atomic E-state index is 13.9. The number of carbonyl (C=O) groups excluding carboxylic acids is 1. The summed E-state index contributed by atoms with van der Waals surface area (Å²) < 4.78 is 94.6. The zero-order valence-corrected chi connectivity index (χ0v) is 22.5. The SMILES string of the molecule is Cc1cc(F)ccc1[C@H]1C[C@]2(CCC(C(=O)O)N2)CCN1C(=O)N(C)[C@H](C)c1cc(C(F)(F)F)cc(C(F)(F)F)c1. The van der Waals surface area contributed by atoms with Gasteiger partial charge in [0.05, 0.1) is 23.2 Å². The topological polar surface area (TPSA) is 72.9 Å². The van der Waals surface area contributed by atoms with E-state index in [0.29, 0.717) is 48.9 Å². The molecule has 224 valence electrons. The lowest BCUT2D eigenvalue weighted by Crippen LogP contribution is -2.56. The minimum atomic E-state index is -5.03. The zero-order chi connectivity index (χ0) is 30.5. The summed E-state index contributed by atoms with van der Waals surface area (Å²) in [4.78, 5) is 28.0. The molecule has 2 aliphatic heterocycles. The number of hydrogen-bond donors (Lipinski definition) is 2. The van der Waals surface area contributed by atoms with Crippen LogP contribution in [0.4, 0.5) is 35.5 Å². The van der Waals surface area contributed by atoms with Gasteiger partial charge in [-0.1, -0.05) is 6.07 Å². The fraction of sp³-hybridized carbons (Fsp3) is 0.500. The minimum Gasteiger partial charge on any atom is -0.480 e. The van der Waals surface area contributed by atoms with E-state index in [9.17, 15) is 45.4 Å². The highest BCUT2D eigenvalue weighted by molar-refractivity contribution is 5.76. The molecule has 1 spiro atoms. The predicted molar refractivity (Wildman–Crippen MR) is 134 cm³/mol. The maximum atomic E-state index is 13.9. The molecular formula is C28H30F7N3O3. The number of alkyl halides is 6. The van der Waals surface area contributed by atoms with Crippen molar-refractivity contribution in [2.24, 2.45) is 0 Å². The van der Waals surface area contributed by atoms with Crippen LogP contribution in [0.1, 0.15) is 72.5 Å². The summed E-state index contributed by atoms with van der Waals surface area (Å²) in [6, 6.07) is 2.08. The molecule has 1 unspecified atom stereocenters. The number of carboxylic acid groups (broad SMARTS) is 1. The second kappa shape index (κ2) is 10.8. The van der Waals surface area contributed by atoms with Crippen LogP contribution >= 0.6 is 0 Å². The van der Waals surface area contributed by atoms with Gasteiger partial charge in [-0.25, -0.2) is 9.18 Å². The Morgan fingerprint density at radius 3 is 2.17 bits per heavy atom. The molecule has 4 atom stereocenters. The zero-order valence-electron chi connectivity index (χ0n) is 22.5. The predicted octanol–water partition coefficient (Wildman–Crippen LogP) is 6.70.